The van der Waals surface area contributed by atoms with Crippen LogP contribution in [0.25, 0.3) is 10.9 Å². The van der Waals surface area contributed by atoms with Crippen LogP contribution >= 0.6 is 0 Å². The highest BCUT2D eigenvalue weighted by atomic mass is 19.1. The first-order valence-corrected chi connectivity index (χ1v) is 11.0. The van der Waals surface area contributed by atoms with E-state index in [2.05, 4.69) is 23.0 Å². The molecule has 2 aromatic carbocycles. The molecule has 2 aliphatic rings. The van der Waals surface area contributed by atoms with E-state index in [0.717, 1.165) is 48.3 Å². The monoisotopic (exact) mass is 437 g/mol. The van der Waals surface area contributed by atoms with E-state index in [4.69, 9.17) is 4.74 Å². The summed E-state index contributed by atoms with van der Waals surface area (Å²) in [5.41, 5.74) is 3.26. The number of rotatable bonds is 3. The first-order valence-electron chi connectivity index (χ1n) is 11.0. The molecule has 0 radical (unpaired) electrons. The normalized spacial score (nSPS) is 20.5. The Morgan fingerprint density at radius 1 is 1.22 bits per heavy atom. The average Bonchev–Trinajstić information content (AvgIpc) is 3.20. The van der Waals surface area contributed by atoms with Gasteiger partial charge in [0.25, 0.3) is 5.91 Å². The number of carbonyl (C=O) groups excluding carboxylic acids is 1. The Labute approximate surface area is 186 Å². The molecule has 1 aromatic heterocycles. The zero-order valence-electron chi connectivity index (χ0n) is 18.4. The second-order valence-electron chi connectivity index (χ2n) is 9.05. The molecule has 3 aromatic rings. The molecule has 3 heterocycles. The van der Waals surface area contributed by atoms with Crippen molar-refractivity contribution in [3.05, 3.63) is 65.1 Å². The zero-order chi connectivity index (χ0) is 22.5. The van der Waals surface area contributed by atoms with Crippen molar-refractivity contribution in [1.29, 1.82) is 0 Å². The molecule has 0 saturated carbocycles. The summed E-state index contributed by atoms with van der Waals surface area (Å²) in [5.74, 6) is 0.190. The minimum Gasteiger partial charge on any atom is -0.497 e. The topological polar surface area (TPSA) is 68.8 Å². The van der Waals surface area contributed by atoms with Crippen LogP contribution in [0.2, 0.25) is 0 Å². The number of aliphatic hydroxyl groups is 1. The summed E-state index contributed by atoms with van der Waals surface area (Å²) in [6, 6.07) is 11.1. The first kappa shape index (κ1) is 21.0. The number of aliphatic hydroxyl groups excluding tert-OH is 1. The molecule has 0 unspecified atom stereocenters. The average molecular weight is 438 g/mol. The van der Waals surface area contributed by atoms with E-state index < -0.39 is 6.04 Å². The van der Waals surface area contributed by atoms with E-state index in [1.54, 1.807) is 12.0 Å². The molecule has 1 amide bonds. The Kier molecular flexibility index (Phi) is 5.18. The van der Waals surface area contributed by atoms with Gasteiger partial charge in [0.1, 0.15) is 11.6 Å². The van der Waals surface area contributed by atoms with Gasteiger partial charge < -0.3 is 24.6 Å². The van der Waals surface area contributed by atoms with Gasteiger partial charge in [0, 0.05) is 40.2 Å². The van der Waals surface area contributed by atoms with Crippen molar-refractivity contribution in [2.75, 3.05) is 40.4 Å². The van der Waals surface area contributed by atoms with Gasteiger partial charge in [-0.05, 0) is 74.9 Å². The van der Waals surface area contributed by atoms with Crippen molar-refractivity contribution >= 4 is 16.8 Å². The number of benzene rings is 2. The van der Waals surface area contributed by atoms with Crippen LogP contribution in [0, 0.1) is 5.82 Å². The molecule has 2 aliphatic heterocycles. The Hall–Kier alpha value is -2.90. The third-order valence-corrected chi connectivity index (χ3v) is 7.22. The van der Waals surface area contributed by atoms with Crippen molar-refractivity contribution in [3.63, 3.8) is 0 Å². The van der Waals surface area contributed by atoms with Gasteiger partial charge in [0.2, 0.25) is 0 Å². The maximum absolute atomic E-state index is 13.5. The number of aromatic nitrogens is 1. The molecule has 1 saturated heterocycles. The summed E-state index contributed by atoms with van der Waals surface area (Å²) < 4.78 is 18.9. The smallest absolute Gasteiger partial charge is 0.254 e. The predicted octanol–water partition coefficient (Wildman–Crippen LogP) is 3.47. The van der Waals surface area contributed by atoms with E-state index in [9.17, 15) is 14.3 Å². The highest BCUT2D eigenvalue weighted by Gasteiger charge is 2.48. The minimum absolute atomic E-state index is 0.191. The minimum atomic E-state index is -0.494. The number of hydrogen-bond donors (Lipinski definition) is 2. The molecular weight excluding hydrogens is 409 g/mol. The Balaban J connectivity index is 1.66. The highest BCUT2D eigenvalue weighted by molar-refractivity contribution is 5.96. The molecule has 2 N–H and O–H groups in total. The van der Waals surface area contributed by atoms with Crippen molar-refractivity contribution < 1.29 is 19.0 Å². The van der Waals surface area contributed by atoms with E-state index >= 15 is 0 Å². The molecule has 5 rings (SSSR count). The fourth-order valence-electron chi connectivity index (χ4n) is 5.43. The van der Waals surface area contributed by atoms with Crippen LogP contribution in [-0.4, -0.2) is 66.2 Å². The Bertz CT molecular complexity index is 1150. The van der Waals surface area contributed by atoms with Crippen LogP contribution < -0.4 is 4.74 Å². The number of methoxy groups -OCH3 is 1. The number of carbonyl (C=O) groups is 1. The SMILES string of the molecule is COc1ccc2c3c([nH]c2c1)[C@H](CO)N(C(=O)c1ccc(F)cc1)CC31CCN(C)CC1. The summed E-state index contributed by atoms with van der Waals surface area (Å²) in [6.45, 7) is 2.20. The quantitative estimate of drug-likeness (QED) is 0.659. The van der Waals surface area contributed by atoms with Crippen LogP contribution in [0.3, 0.4) is 0 Å². The van der Waals surface area contributed by atoms with Crippen molar-refractivity contribution in [1.82, 2.24) is 14.8 Å². The third-order valence-electron chi connectivity index (χ3n) is 7.22. The zero-order valence-corrected chi connectivity index (χ0v) is 18.4. The summed E-state index contributed by atoms with van der Waals surface area (Å²) >= 11 is 0. The number of fused-ring (bicyclic) bond motifs is 4. The molecule has 32 heavy (non-hydrogen) atoms. The number of halogens is 1. The summed E-state index contributed by atoms with van der Waals surface area (Å²) in [5, 5.41) is 11.5. The number of ether oxygens (including phenoxy) is 1. The number of hydrogen-bond acceptors (Lipinski definition) is 4. The lowest BCUT2D eigenvalue weighted by Crippen LogP contribution is -2.54. The summed E-state index contributed by atoms with van der Waals surface area (Å²) in [7, 11) is 3.76. The van der Waals surface area contributed by atoms with Crippen LogP contribution in [-0.2, 0) is 5.41 Å². The fraction of sp³-hybridized carbons (Fsp3) is 0.400. The number of amides is 1. The second-order valence-corrected chi connectivity index (χ2v) is 9.05. The van der Waals surface area contributed by atoms with Gasteiger partial charge >= 0.3 is 0 Å². The molecule has 0 aliphatic carbocycles. The summed E-state index contributed by atoms with van der Waals surface area (Å²) in [6.07, 6.45) is 1.83. The maximum atomic E-state index is 13.5. The molecule has 1 fully saturated rings. The van der Waals surface area contributed by atoms with Crippen LogP contribution in [0.5, 0.6) is 5.75 Å². The molecule has 168 valence electrons. The second kappa shape index (κ2) is 7.90. The van der Waals surface area contributed by atoms with Gasteiger partial charge in [0.15, 0.2) is 0 Å². The molecule has 7 heteroatoms. The number of H-pyrrole nitrogens is 1. The lowest BCUT2D eigenvalue weighted by molar-refractivity contribution is 0.0362. The summed E-state index contributed by atoms with van der Waals surface area (Å²) in [4.78, 5) is 21.1. The van der Waals surface area contributed by atoms with Gasteiger partial charge in [-0.15, -0.1) is 0 Å². The first-order chi connectivity index (χ1) is 15.5. The van der Waals surface area contributed by atoms with Crippen molar-refractivity contribution in [2.45, 2.75) is 24.3 Å². The Morgan fingerprint density at radius 3 is 2.59 bits per heavy atom. The van der Waals surface area contributed by atoms with E-state index in [1.165, 1.54) is 29.8 Å². The molecule has 1 spiro atoms. The maximum Gasteiger partial charge on any atom is 0.254 e. The molecular formula is C25H28FN3O3. The van der Waals surface area contributed by atoms with Crippen LogP contribution in [0.1, 0.15) is 40.5 Å². The number of piperidine rings is 1. The predicted molar refractivity (Wildman–Crippen MR) is 121 cm³/mol. The molecule has 6 nitrogen and oxygen atoms in total. The highest BCUT2D eigenvalue weighted by Crippen LogP contribution is 2.49. The molecule has 1 atom stereocenters. The van der Waals surface area contributed by atoms with Crippen LogP contribution in [0.4, 0.5) is 4.39 Å². The van der Waals surface area contributed by atoms with E-state index in [-0.39, 0.29) is 23.7 Å². The number of aromatic amines is 1. The number of nitrogens with zero attached hydrogens (tertiary/aromatic N) is 2. The van der Waals surface area contributed by atoms with Crippen molar-refractivity contribution in [2.24, 2.45) is 0 Å². The van der Waals surface area contributed by atoms with Gasteiger partial charge in [-0.1, -0.05) is 0 Å². The Morgan fingerprint density at radius 2 is 1.94 bits per heavy atom. The van der Waals surface area contributed by atoms with Gasteiger partial charge in [-0.25, -0.2) is 4.39 Å². The van der Waals surface area contributed by atoms with Gasteiger partial charge in [-0.2, -0.15) is 0 Å². The lowest BCUT2D eigenvalue weighted by atomic mass is 9.68. The fourth-order valence-corrected chi connectivity index (χ4v) is 5.43. The largest absolute Gasteiger partial charge is 0.497 e. The number of nitrogens with one attached hydrogen (secondary N) is 1. The van der Waals surface area contributed by atoms with Crippen molar-refractivity contribution in [3.8, 4) is 5.75 Å². The van der Waals surface area contributed by atoms with E-state index in [0.29, 0.717) is 12.1 Å². The lowest BCUT2D eigenvalue weighted by Gasteiger charge is -2.49. The third kappa shape index (κ3) is 3.27. The standard InChI is InChI=1S/C25H28FN3O3/c1-28-11-9-25(10-12-28)15-29(24(31)16-3-5-17(26)6-4-16)21(14-30)23-22(25)19-8-7-18(32-2)13-20(19)27-23/h3-8,13,21,27,30H,9-12,14-15H2,1-2H3/t21-/m0/s1. The van der Waals surface area contributed by atoms with E-state index in [1.807, 2.05) is 12.1 Å². The molecule has 0 bridgehead atoms. The number of likely N-dealkylation sites (tertiary alicyclic amines) is 1. The van der Waals surface area contributed by atoms with Gasteiger partial charge in [-0.3, -0.25) is 4.79 Å². The van der Waals surface area contributed by atoms with Gasteiger partial charge in [0.05, 0.1) is 19.8 Å². The van der Waals surface area contributed by atoms with Crippen LogP contribution in [0.15, 0.2) is 42.5 Å².